The quantitative estimate of drug-likeness (QED) is 0.531. The van der Waals surface area contributed by atoms with Crippen LogP contribution < -0.4 is 0 Å². The van der Waals surface area contributed by atoms with Crippen molar-refractivity contribution in [2.45, 2.75) is 36.8 Å². The fourth-order valence-corrected chi connectivity index (χ4v) is 4.25. The standard InChI is InChI=1S/C22H21F3S/c1-15(18-12-11-17-6-5-13-26-21(17)14-18)9-10-16(2)19-7-3-4-8-20(19)22(23,24)25/h3-4,7-8,11-12,14H,1-2,5-6,9-10,13H2. The number of benzene rings is 2. The smallest absolute Gasteiger partial charge is 0.166 e. The van der Waals surface area contributed by atoms with E-state index in [-0.39, 0.29) is 5.56 Å². The second-order valence-electron chi connectivity index (χ2n) is 6.52. The van der Waals surface area contributed by atoms with E-state index in [1.54, 1.807) is 6.07 Å². The van der Waals surface area contributed by atoms with E-state index in [1.165, 1.54) is 29.0 Å². The van der Waals surface area contributed by atoms with Crippen molar-refractivity contribution in [2.24, 2.45) is 0 Å². The Bertz CT molecular complexity index is 834. The van der Waals surface area contributed by atoms with Gasteiger partial charge in [-0.25, -0.2) is 0 Å². The van der Waals surface area contributed by atoms with Crippen LogP contribution in [-0.4, -0.2) is 5.75 Å². The normalized spacial score (nSPS) is 14.0. The molecule has 0 radical (unpaired) electrons. The average molecular weight is 374 g/mol. The Morgan fingerprint density at radius 2 is 1.73 bits per heavy atom. The summed E-state index contributed by atoms with van der Waals surface area (Å²) in [7, 11) is 0. The van der Waals surface area contributed by atoms with Crippen molar-refractivity contribution >= 4 is 22.9 Å². The van der Waals surface area contributed by atoms with Gasteiger partial charge in [0.1, 0.15) is 0 Å². The van der Waals surface area contributed by atoms with Crippen LogP contribution in [-0.2, 0) is 12.6 Å². The van der Waals surface area contributed by atoms with Crippen LogP contribution in [0.3, 0.4) is 0 Å². The van der Waals surface area contributed by atoms with Crippen LogP contribution in [0.2, 0.25) is 0 Å². The average Bonchev–Trinajstić information content (AvgIpc) is 2.64. The summed E-state index contributed by atoms with van der Waals surface area (Å²) >= 11 is 1.86. The molecular weight excluding hydrogens is 353 g/mol. The number of hydrogen-bond acceptors (Lipinski definition) is 1. The van der Waals surface area contributed by atoms with Crippen LogP contribution in [0.25, 0.3) is 11.1 Å². The van der Waals surface area contributed by atoms with Crippen molar-refractivity contribution in [3.63, 3.8) is 0 Å². The minimum Gasteiger partial charge on any atom is -0.166 e. The van der Waals surface area contributed by atoms with Crippen LogP contribution in [0.1, 0.15) is 41.5 Å². The molecule has 0 spiro atoms. The lowest BCUT2D eigenvalue weighted by Gasteiger charge is -2.17. The predicted molar refractivity (Wildman–Crippen MR) is 104 cm³/mol. The minimum absolute atomic E-state index is 0.175. The number of allylic oxidation sites excluding steroid dienone is 2. The molecule has 2 aromatic carbocycles. The molecule has 0 N–H and O–H groups in total. The molecule has 0 saturated carbocycles. The van der Waals surface area contributed by atoms with Crippen molar-refractivity contribution < 1.29 is 13.2 Å². The van der Waals surface area contributed by atoms with Gasteiger partial charge in [-0.3, -0.25) is 0 Å². The Balaban J connectivity index is 1.70. The van der Waals surface area contributed by atoms with Crippen LogP contribution in [0.4, 0.5) is 13.2 Å². The number of halogens is 3. The van der Waals surface area contributed by atoms with Gasteiger partial charge in [-0.05, 0) is 71.4 Å². The number of alkyl halides is 3. The van der Waals surface area contributed by atoms with E-state index < -0.39 is 11.7 Å². The molecule has 0 amide bonds. The summed E-state index contributed by atoms with van der Waals surface area (Å²) in [4.78, 5) is 1.30. The molecule has 0 atom stereocenters. The van der Waals surface area contributed by atoms with E-state index in [0.717, 1.165) is 29.4 Å². The van der Waals surface area contributed by atoms with E-state index in [1.807, 2.05) is 11.8 Å². The molecule has 1 aliphatic rings. The molecule has 0 saturated heterocycles. The second kappa shape index (κ2) is 7.75. The van der Waals surface area contributed by atoms with Crippen molar-refractivity contribution in [2.75, 3.05) is 5.75 Å². The number of aryl methyl sites for hydroxylation is 1. The van der Waals surface area contributed by atoms with Gasteiger partial charge in [0, 0.05) is 4.90 Å². The summed E-state index contributed by atoms with van der Waals surface area (Å²) in [6, 6.07) is 12.0. The van der Waals surface area contributed by atoms with Gasteiger partial charge in [-0.2, -0.15) is 13.2 Å². The molecular formula is C22H21F3S. The van der Waals surface area contributed by atoms with Gasteiger partial charge < -0.3 is 0 Å². The Morgan fingerprint density at radius 1 is 1.00 bits per heavy atom. The summed E-state index contributed by atoms with van der Waals surface area (Å²) in [6.07, 6.45) is -1.01. The third-order valence-corrected chi connectivity index (χ3v) is 5.85. The van der Waals surface area contributed by atoms with Crippen molar-refractivity contribution in [3.8, 4) is 0 Å². The monoisotopic (exact) mass is 374 g/mol. The van der Waals surface area contributed by atoms with E-state index in [4.69, 9.17) is 0 Å². The Morgan fingerprint density at radius 3 is 2.50 bits per heavy atom. The molecule has 26 heavy (non-hydrogen) atoms. The fourth-order valence-electron chi connectivity index (χ4n) is 3.18. The molecule has 0 bridgehead atoms. The summed E-state index contributed by atoms with van der Waals surface area (Å²) in [6.45, 7) is 8.03. The maximum Gasteiger partial charge on any atom is 0.416 e. The van der Waals surface area contributed by atoms with Crippen molar-refractivity contribution in [1.29, 1.82) is 0 Å². The highest BCUT2D eigenvalue weighted by Gasteiger charge is 2.33. The van der Waals surface area contributed by atoms with Gasteiger partial charge in [-0.1, -0.05) is 43.5 Å². The molecule has 1 aliphatic heterocycles. The third kappa shape index (κ3) is 4.24. The molecule has 0 nitrogen and oxygen atoms in total. The lowest BCUT2D eigenvalue weighted by molar-refractivity contribution is -0.137. The van der Waals surface area contributed by atoms with E-state index in [9.17, 15) is 13.2 Å². The molecule has 2 aromatic rings. The molecule has 0 unspecified atom stereocenters. The van der Waals surface area contributed by atoms with E-state index in [0.29, 0.717) is 18.4 Å². The third-order valence-electron chi connectivity index (χ3n) is 4.67. The molecule has 4 heteroatoms. The molecule has 0 aromatic heterocycles. The lowest BCUT2D eigenvalue weighted by Crippen LogP contribution is -2.08. The largest absolute Gasteiger partial charge is 0.416 e. The maximum absolute atomic E-state index is 13.2. The SMILES string of the molecule is C=C(CCC(=C)c1ccccc1C(F)(F)F)c1ccc2c(c1)SCCC2. The Hall–Kier alpha value is -1.94. The van der Waals surface area contributed by atoms with Gasteiger partial charge in [0.15, 0.2) is 0 Å². The van der Waals surface area contributed by atoms with Crippen LogP contribution in [0, 0.1) is 0 Å². The van der Waals surface area contributed by atoms with Crippen LogP contribution in [0.15, 0.2) is 60.5 Å². The number of rotatable bonds is 5. The number of fused-ring (bicyclic) bond motifs is 1. The van der Waals surface area contributed by atoms with Gasteiger partial charge >= 0.3 is 6.18 Å². The molecule has 3 rings (SSSR count). The van der Waals surface area contributed by atoms with E-state index >= 15 is 0 Å². The van der Waals surface area contributed by atoms with Gasteiger partial charge in [-0.15, -0.1) is 11.8 Å². The number of hydrogen-bond donors (Lipinski definition) is 0. The lowest BCUT2D eigenvalue weighted by atomic mass is 9.93. The molecule has 0 fully saturated rings. The summed E-state index contributed by atoms with van der Waals surface area (Å²) in [5, 5.41) is 0. The second-order valence-corrected chi connectivity index (χ2v) is 7.66. The summed E-state index contributed by atoms with van der Waals surface area (Å²) in [5.41, 5.74) is 3.42. The van der Waals surface area contributed by atoms with Crippen LogP contribution >= 0.6 is 11.8 Å². The zero-order chi connectivity index (χ0) is 18.7. The first-order valence-electron chi connectivity index (χ1n) is 8.64. The Labute approximate surface area is 156 Å². The molecule has 0 aliphatic carbocycles. The van der Waals surface area contributed by atoms with Crippen molar-refractivity contribution in [3.05, 3.63) is 77.9 Å². The van der Waals surface area contributed by atoms with Crippen LogP contribution in [0.5, 0.6) is 0 Å². The first-order valence-corrected chi connectivity index (χ1v) is 9.63. The molecule has 136 valence electrons. The number of thioether (sulfide) groups is 1. The highest BCUT2D eigenvalue weighted by Crippen LogP contribution is 2.37. The first-order chi connectivity index (χ1) is 12.4. The van der Waals surface area contributed by atoms with Gasteiger partial charge in [0.25, 0.3) is 0 Å². The Kier molecular flexibility index (Phi) is 5.61. The maximum atomic E-state index is 13.2. The summed E-state index contributed by atoms with van der Waals surface area (Å²) < 4.78 is 39.5. The highest BCUT2D eigenvalue weighted by atomic mass is 32.2. The topological polar surface area (TPSA) is 0 Å². The first kappa shape index (κ1) is 18.8. The predicted octanol–water partition coefficient (Wildman–Crippen LogP) is 7.25. The van der Waals surface area contributed by atoms with Gasteiger partial charge in [0.05, 0.1) is 5.56 Å². The minimum atomic E-state index is -4.37. The highest BCUT2D eigenvalue weighted by molar-refractivity contribution is 7.99. The molecule has 1 heterocycles. The van der Waals surface area contributed by atoms with Crippen molar-refractivity contribution in [1.82, 2.24) is 0 Å². The van der Waals surface area contributed by atoms with Gasteiger partial charge in [0.2, 0.25) is 0 Å². The summed E-state index contributed by atoms with van der Waals surface area (Å²) in [5.74, 6) is 1.13. The zero-order valence-corrected chi connectivity index (χ0v) is 15.3. The zero-order valence-electron chi connectivity index (χ0n) is 14.5. The van der Waals surface area contributed by atoms with E-state index in [2.05, 4.69) is 31.4 Å². The fraction of sp³-hybridized carbons (Fsp3) is 0.273.